The first-order valence-corrected chi connectivity index (χ1v) is 3.99. The summed E-state index contributed by atoms with van der Waals surface area (Å²) in [5, 5.41) is 0. The molecule has 2 nitrogen and oxygen atoms in total. The highest BCUT2D eigenvalue weighted by atomic mass is 16.6. The Bertz CT molecular complexity index is 112. The van der Waals surface area contributed by atoms with Crippen molar-refractivity contribution in [2.24, 2.45) is 0 Å². The summed E-state index contributed by atoms with van der Waals surface area (Å²) in [5.74, 6) is 0. The highest BCUT2D eigenvalue weighted by molar-refractivity contribution is 5.60. The molecule has 0 saturated carbocycles. The number of hydrogen-bond acceptors (Lipinski definition) is 2. The van der Waals surface area contributed by atoms with Gasteiger partial charge in [-0.3, -0.25) is 0 Å². The van der Waals surface area contributed by atoms with E-state index in [0.717, 1.165) is 12.7 Å². The molecule has 1 heterocycles. The summed E-state index contributed by atoms with van der Waals surface area (Å²) < 4.78 is 5.04. The van der Waals surface area contributed by atoms with Gasteiger partial charge in [-0.05, 0) is 6.42 Å². The van der Waals surface area contributed by atoms with E-state index in [1.807, 2.05) is 0 Å². The van der Waals surface area contributed by atoms with Crippen LogP contribution in [0.25, 0.3) is 0 Å². The van der Waals surface area contributed by atoms with Crippen molar-refractivity contribution >= 4 is 6.29 Å². The summed E-state index contributed by atoms with van der Waals surface area (Å²) in [7, 11) is 0. The zero-order chi connectivity index (χ0) is 7.40. The van der Waals surface area contributed by atoms with E-state index in [2.05, 4.69) is 6.92 Å². The molecule has 0 aromatic rings. The quantitative estimate of drug-likeness (QED) is 0.331. The standard InChI is InChI=1S/C8H14O2/c1-2-3-4-5-7-8(6-9)10-7/h6-8H,2-5H2,1H3/t7-,8-/m1/s1. The second-order valence-electron chi connectivity index (χ2n) is 2.77. The largest absolute Gasteiger partial charge is 0.362 e. The summed E-state index contributed by atoms with van der Waals surface area (Å²) in [4.78, 5) is 10.1. The Hall–Kier alpha value is -0.370. The molecule has 1 rings (SSSR count). The number of epoxide rings is 1. The van der Waals surface area contributed by atoms with Crippen LogP contribution in [0.4, 0.5) is 0 Å². The predicted molar refractivity (Wildman–Crippen MR) is 38.9 cm³/mol. The summed E-state index contributed by atoms with van der Waals surface area (Å²) in [6.45, 7) is 2.17. The lowest BCUT2D eigenvalue weighted by Crippen LogP contribution is -1.93. The smallest absolute Gasteiger partial charge is 0.151 e. The molecule has 1 aliphatic rings. The molecule has 0 aromatic carbocycles. The topological polar surface area (TPSA) is 29.6 Å². The second kappa shape index (κ2) is 3.71. The first-order valence-electron chi connectivity index (χ1n) is 3.99. The van der Waals surface area contributed by atoms with Gasteiger partial charge in [-0.1, -0.05) is 26.2 Å². The molecule has 2 heteroatoms. The van der Waals surface area contributed by atoms with Crippen LogP contribution in [-0.2, 0) is 9.53 Å². The van der Waals surface area contributed by atoms with Gasteiger partial charge in [0.25, 0.3) is 0 Å². The van der Waals surface area contributed by atoms with Crippen molar-refractivity contribution in [3.8, 4) is 0 Å². The molecular weight excluding hydrogens is 128 g/mol. The monoisotopic (exact) mass is 142 g/mol. The Morgan fingerprint density at radius 1 is 1.50 bits per heavy atom. The molecule has 1 fully saturated rings. The molecule has 10 heavy (non-hydrogen) atoms. The van der Waals surface area contributed by atoms with Crippen LogP contribution in [0.3, 0.4) is 0 Å². The minimum absolute atomic E-state index is 0.0585. The van der Waals surface area contributed by atoms with Crippen LogP contribution in [0.15, 0.2) is 0 Å². The van der Waals surface area contributed by atoms with E-state index < -0.39 is 0 Å². The lowest BCUT2D eigenvalue weighted by molar-refractivity contribution is -0.108. The average molecular weight is 142 g/mol. The normalized spacial score (nSPS) is 30.1. The molecule has 1 aliphatic heterocycles. The summed E-state index contributed by atoms with van der Waals surface area (Å²) >= 11 is 0. The molecule has 2 atom stereocenters. The molecule has 0 N–H and O–H groups in total. The molecule has 0 bridgehead atoms. The highest BCUT2D eigenvalue weighted by Crippen LogP contribution is 2.25. The van der Waals surface area contributed by atoms with Crippen LogP contribution in [0, 0.1) is 0 Å². The van der Waals surface area contributed by atoms with Crippen molar-refractivity contribution < 1.29 is 9.53 Å². The fraction of sp³-hybridized carbons (Fsp3) is 0.875. The molecule has 0 radical (unpaired) electrons. The van der Waals surface area contributed by atoms with Gasteiger partial charge in [0.2, 0.25) is 0 Å². The third-order valence-corrected chi connectivity index (χ3v) is 1.85. The van der Waals surface area contributed by atoms with Crippen LogP contribution in [0.1, 0.15) is 32.6 Å². The van der Waals surface area contributed by atoms with E-state index in [1.165, 1.54) is 19.3 Å². The highest BCUT2D eigenvalue weighted by Gasteiger charge is 2.37. The Balaban J connectivity index is 1.91. The van der Waals surface area contributed by atoms with E-state index in [4.69, 9.17) is 4.74 Å². The Labute approximate surface area is 61.6 Å². The number of rotatable bonds is 5. The molecular formula is C8H14O2. The zero-order valence-corrected chi connectivity index (χ0v) is 6.38. The molecule has 1 saturated heterocycles. The summed E-state index contributed by atoms with van der Waals surface area (Å²) in [5.41, 5.74) is 0. The average Bonchev–Trinajstić information content (AvgIpc) is 2.68. The fourth-order valence-electron chi connectivity index (χ4n) is 1.10. The van der Waals surface area contributed by atoms with Gasteiger partial charge in [0, 0.05) is 0 Å². The SMILES string of the molecule is CCCCC[C@H]1O[C@@H]1C=O. The van der Waals surface area contributed by atoms with Crippen molar-refractivity contribution in [3.63, 3.8) is 0 Å². The first-order chi connectivity index (χ1) is 4.88. The van der Waals surface area contributed by atoms with Crippen LogP contribution >= 0.6 is 0 Å². The molecule has 0 amide bonds. The predicted octanol–water partition coefficient (Wildman–Crippen LogP) is 1.53. The van der Waals surface area contributed by atoms with Crippen molar-refractivity contribution in [3.05, 3.63) is 0 Å². The first kappa shape index (κ1) is 7.73. The number of hydrogen-bond donors (Lipinski definition) is 0. The van der Waals surface area contributed by atoms with Gasteiger partial charge in [-0.25, -0.2) is 0 Å². The van der Waals surface area contributed by atoms with Gasteiger partial charge in [0.05, 0.1) is 6.10 Å². The molecule has 0 spiro atoms. The van der Waals surface area contributed by atoms with Crippen molar-refractivity contribution in [2.75, 3.05) is 0 Å². The lowest BCUT2D eigenvalue weighted by Gasteiger charge is -1.91. The summed E-state index contributed by atoms with van der Waals surface area (Å²) in [6, 6.07) is 0. The van der Waals surface area contributed by atoms with Crippen LogP contribution < -0.4 is 0 Å². The number of ether oxygens (including phenoxy) is 1. The maximum atomic E-state index is 10.1. The van der Waals surface area contributed by atoms with E-state index in [0.29, 0.717) is 0 Å². The Kier molecular flexibility index (Phi) is 2.87. The van der Waals surface area contributed by atoms with Crippen LogP contribution in [0.5, 0.6) is 0 Å². The minimum atomic E-state index is -0.0585. The molecule has 0 unspecified atom stereocenters. The van der Waals surface area contributed by atoms with Crippen molar-refractivity contribution in [2.45, 2.75) is 44.8 Å². The van der Waals surface area contributed by atoms with Gasteiger partial charge in [-0.15, -0.1) is 0 Å². The Morgan fingerprint density at radius 2 is 2.30 bits per heavy atom. The van der Waals surface area contributed by atoms with E-state index in [9.17, 15) is 4.79 Å². The third-order valence-electron chi connectivity index (χ3n) is 1.85. The second-order valence-corrected chi connectivity index (χ2v) is 2.77. The zero-order valence-electron chi connectivity index (χ0n) is 6.38. The van der Waals surface area contributed by atoms with Crippen molar-refractivity contribution in [1.82, 2.24) is 0 Å². The minimum Gasteiger partial charge on any atom is -0.362 e. The number of carbonyl (C=O) groups is 1. The van der Waals surface area contributed by atoms with Gasteiger partial charge in [0.15, 0.2) is 6.29 Å². The Morgan fingerprint density at radius 3 is 2.80 bits per heavy atom. The van der Waals surface area contributed by atoms with E-state index >= 15 is 0 Å². The molecule has 0 aliphatic carbocycles. The van der Waals surface area contributed by atoms with Gasteiger partial charge >= 0.3 is 0 Å². The lowest BCUT2D eigenvalue weighted by atomic mass is 10.1. The van der Waals surface area contributed by atoms with Gasteiger partial charge in [-0.2, -0.15) is 0 Å². The van der Waals surface area contributed by atoms with Crippen LogP contribution in [-0.4, -0.2) is 18.5 Å². The fourth-order valence-corrected chi connectivity index (χ4v) is 1.10. The van der Waals surface area contributed by atoms with E-state index in [1.54, 1.807) is 0 Å². The van der Waals surface area contributed by atoms with Gasteiger partial charge in [0.1, 0.15) is 6.10 Å². The van der Waals surface area contributed by atoms with Gasteiger partial charge < -0.3 is 9.53 Å². The third kappa shape index (κ3) is 2.10. The van der Waals surface area contributed by atoms with Crippen molar-refractivity contribution in [1.29, 1.82) is 0 Å². The van der Waals surface area contributed by atoms with E-state index in [-0.39, 0.29) is 12.2 Å². The number of aldehydes is 1. The maximum absolute atomic E-state index is 10.1. The summed E-state index contributed by atoms with van der Waals surface area (Å²) in [6.07, 6.45) is 5.87. The number of unbranched alkanes of at least 4 members (excludes halogenated alkanes) is 2. The molecule has 0 aromatic heterocycles. The van der Waals surface area contributed by atoms with Crippen LogP contribution in [0.2, 0.25) is 0 Å². The maximum Gasteiger partial charge on any atom is 0.151 e. The number of carbonyl (C=O) groups excluding carboxylic acids is 1. The molecule has 58 valence electrons.